The van der Waals surface area contributed by atoms with E-state index in [-0.39, 0.29) is 18.0 Å². The smallest absolute Gasteiger partial charge is 0.261 e. The van der Waals surface area contributed by atoms with Crippen LogP contribution in [-0.4, -0.2) is 31.2 Å². The van der Waals surface area contributed by atoms with E-state index >= 15 is 0 Å². The molecule has 0 radical (unpaired) electrons. The van der Waals surface area contributed by atoms with E-state index in [1.807, 2.05) is 0 Å². The number of nitrogens with zero attached hydrogens (tertiary/aromatic N) is 3. The Morgan fingerprint density at radius 2 is 2.07 bits per heavy atom. The van der Waals surface area contributed by atoms with Gasteiger partial charge < -0.3 is 10.3 Å². The van der Waals surface area contributed by atoms with Gasteiger partial charge in [0, 0.05) is 11.6 Å². The molecule has 0 saturated heterocycles. The number of rotatable bonds is 5. The summed E-state index contributed by atoms with van der Waals surface area (Å²) < 4.78 is 28.7. The number of amides is 1. The average Bonchev–Trinajstić information content (AvgIpc) is 3.26. The highest BCUT2D eigenvalue weighted by Gasteiger charge is 2.36. The van der Waals surface area contributed by atoms with Gasteiger partial charge in [-0.2, -0.15) is 5.10 Å². The van der Waals surface area contributed by atoms with Crippen LogP contribution in [0.5, 0.6) is 0 Å². The van der Waals surface area contributed by atoms with Crippen LogP contribution in [0.1, 0.15) is 31.2 Å². The number of halogens is 2. The lowest BCUT2D eigenvalue weighted by molar-refractivity contribution is -0.123. The van der Waals surface area contributed by atoms with Crippen molar-refractivity contribution in [2.45, 2.75) is 44.2 Å². The number of H-pyrrole nitrogens is 1. The van der Waals surface area contributed by atoms with Crippen LogP contribution in [0.2, 0.25) is 0 Å². The van der Waals surface area contributed by atoms with Crippen LogP contribution < -0.4 is 10.9 Å². The molecule has 4 rings (SSSR count). The molecule has 2 heterocycles. The first-order valence-electron chi connectivity index (χ1n) is 9.10. The molecule has 3 aromatic rings. The van der Waals surface area contributed by atoms with E-state index < -0.39 is 17.2 Å². The Labute approximate surface area is 158 Å². The summed E-state index contributed by atoms with van der Waals surface area (Å²) in [5.41, 5.74) is -0.204. The molecule has 7 nitrogen and oxygen atoms in total. The second kappa shape index (κ2) is 7.14. The number of benzene rings is 1. The normalized spacial score (nSPS) is 15.8. The van der Waals surface area contributed by atoms with Gasteiger partial charge in [-0.1, -0.05) is 18.9 Å². The Hall–Kier alpha value is -3.10. The third-order valence-electron chi connectivity index (χ3n) is 5.24. The minimum Gasteiger partial charge on any atom is -0.349 e. The topological polar surface area (TPSA) is 92.7 Å². The van der Waals surface area contributed by atoms with Crippen molar-refractivity contribution >= 4 is 16.9 Å². The average molecular weight is 387 g/mol. The van der Waals surface area contributed by atoms with E-state index in [4.69, 9.17) is 0 Å². The van der Waals surface area contributed by atoms with Crippen molar-refractivity contribution in [2.75, 3.05) is 0 Å². The highest BCUT2D eigenvalue weighted by molar-refractivity contribution is 5.79. The standard InChI is InChI=1S/C19H19F2N5O2/c20-13-4-3-12(15(21)7-13)8-19(5-1-2-6-19)25-16(27)10-26-17-14(9-24-26)18(28)23-11-22-17/h3-4,7,9,11H,1-2,5-6,8,10H2,(H,25,27)(H,22,23,28). The van der Waals surface area contributed by atoms with Gasteiger partial charge in [-0.15, -0.1) is 0 Å². The van der Waals surface area contributed by atoms with Crippen LogP contribution in [0.3, 0.4) is 0 Å². The van der Waals surface area contributed by atoms with Crippen LogP contribution in [0.15, 0.2) is 35.5 Å². The van der Waals surface area contributed by atoms with Crippen molar-refractivity contribution in [3.05, 3.63) is 58.3 Å². The van der Waals surface area contributed by atoms with Crippen LogP contribution in [0.25, 0.3) is 11.0 Å². The van der Waals surface area contributed by atoms with Crippen LogP contribution >= 0.6 is 0 Å². The molecule has 1 aliphatic carbocycles. The first-order valence-corrected chi connectivity index (χ1v) is 9.10. The number of aromatic nitrogens is 4. The predicted molar refractivity (Wildman–Crippen MR) is 97.6 cm³/mol. The van der Waals surface area contributed by atoms with Gasteiger partial charge in [0.05, 0.1) is 12.5 Å². The second-order valence-electron chi connectivity index (χ2n) is 7.22. The summed E-state index contributed by atoms with van der Waals surface area (Å²) in [6.45, 7) is -0.104. The molecule has 0 atom stereocenters. The summed E-state index contributed by atoms with van der Waals surface area (Å²) in [6.07, 6.45) is 6.20. The maximum atomic E-state index is 14.1. The van der Waals surface area contributed by atoms with Gasteiger partial charge >= 0.3 is 0 Å². The molecule has 2 aromatic heterocycles. The fraction of sp³-hybridized carbons (Fsp3) is 0.368. The third kappa shape index (κ3) is 3.51. The second-order valence-corrected chi connectivity index (χ2v) is 7.22. The minimum atomic E-state index is -0.626. The zero-order valence-corrected chi connectivity index (χ0v) is 15.0. The maximum Gasteiger partial charge on any atom is 0.261 e. The zero-order valence-electron chi connectivity index (χ0n) is 15.0. The SMILES string of the molecule is O=C(Cn1ncc2c(=O)[nH]cnc21)NC1(Cc2ccc(F)cc2F)CCCC1. The molecule has 0 unspecified atom stereocenters. The van der Waals surface area contributed by atoms with E-state index in [9.17, 15) is 18.4 Å². The van der Waals surface area contributed by atoms with Crippen molar-refractivity contribution in [1.82, 2.24) is 25.1 Å². The van der Waals surface area contributed by atoms with Crippen molar-refractivity contribution in [3.8, 4) is 0 Å². The summed E-state index contributed by atoms with van der Waals surface area (Å²) in [4.78, 5) is 31.0. The van der Waals surface area contributed by atoms with E-state index in [2.05, 4.69) is 20.4 Å². The molecule has 0 bridgehead atoms. The molecule has 146 valence electrons. The molecule has 2 N–H and O–H groups in total. The number of hydrogen-bond donors (Lipinski definition) is 2. The molecule has 0 spiro atoms. The quantitative estimate of drug-likeness (QED) is 0.701. The molecule has 1 saturated carbocycles. The van der Waals surface area contributed by atoms with Gasteiger partial charge in [-0.05, 0) is 30.9 Å². The van der Waals surface area contributed by atoms with Gasteiger partial charge in [0.2, 0.25) is 5.91 Å². The van der Waals surface area contributed by atoms with Gasteiger partial charge in [-0.3, -0.25) is 9.59 Å². The molecule has 0 aliphatic heterocycles. The van der Waals surface area contributed by atoms with Crippen LogP contribution in [-0.2, 0) is 17.8 Å². The Balaban J connectivity index is 1.53. The van der Waals surface area contributed by atoms with E-state index in [0.29, 0.717) is 35.9 Å². The number of fused-ring (bicyclic) bond motifs is 1. The van der Waals surface area contributed by atoms with E-state index in [1.165, 1.54) is 29.3 Å². The van der Waals surface area contributed by atoms with Gasteiger partial charge in [0.1, 0.15) is 23.6 Å². The molecular weight excluding hydrogens is 368 g/mol. The van der Waals surface area contributed by atoms with Gasteiger partial charge in [0.25, 0.3) is 5.56 Å². The van der Waals surface area contributed by atoms with Crippen molar-refractivity contribution in [3.63, 3.8) is 0 Å². The molecule has 28 heavy (non-hydrogen) atoms. The zero-order chi connectivity index (χ0) is 19.7. The Kier molecular flexibility index (Phi) is 4.66. The molecule has 1 aliphatic rings. The van der Waals surface area contributed by atoms with Crippen molar-refractivity contribution in [1.29, 1.82) is 0 Å². The first kappa shape index (κ1) is 18.3. The highest BCUT2D eigenvalue weighted by atomic mass is 19.1. The lowest BCUT2D eigenvalue weighted by Gasteiger charge is -2.31. The number of aromatic amines is 1. The molecule has 1 amide bonds. The number of carbonyl (C=O) groups excluding carboxylic acids is 1. The van der Waals surface area contributed by atoms with Crippen molar-refractivity contribution in [2.24, 2.45) is 0 Å². The lowest BCUT2D eigenvalue weighted by Crippen LogP contribution is -2.49. The summed E-state index contributed by atoms with van der Waals surface area (Å²) in [5, 5.41) is 7.40. The van der Waals surface area contributed by atoms with E-state index in [0.717, 1.165) is 18.9 Å². The van der Waals surface area contributed by atoms with E-state index in [1.54, 1.807) is 0 Å². The molecule has 9 heteroatoms. The van der Waals surface area contributed by atoms with Gasteiger partial charge in [-0.25, -0.2) is 18.4 Å². The number of hydrogen-bond acceptors (Lipinski definition) is 4. The number of nitrogens with one attached hydrogen (secondary N) is 2. The Morgan fingerprint density at radius 3 is 2.82 bits per heavy atom. The summed E-state index contributed by atoms with van der Waals surface area (Å²) in [7, 11) is 0. The molecule has 1 aromatic carbocycles. The number of carbonyl (C=O) groups is 1. The predicted octanol–water partition coefficient (Wildman–Crippen LogP) is 2.07. The Bertz CT molecular complexity index is 1090. The van der Waals surface area contributed by atoms with Crippen LogP contribution in [0.4, 0.5) is 8.78 Å². The molecular formula is C19H19F2N5O2. The first-order chi connectivity index (χ1) is 13.5. The maximum absolute atomic E-state index is 14.1. The fourth-order valence-corrected chi connectivity index (χ4v) is 3.92. The van der Waals surface area contributed by atoms with Gasteiger partial charge in [0.15, 0.2) is 5.65 Å². The summed E-state index contributed by atoms with van der Waals surface area (Å²) in [5.74, 6) is -1.53. The largest absolute Gasteiger partial charge is 0.349 e. The highest BCUT2D eigenvalue weighted by Crippen LogP contribution is 2.33. The monoisotopic (exact) mass is 387 g/mol. The van der Waals surface area contributed by atoms with Crippen LogP contribution in [0, 0.1) is 11.6 Å². The molecule has 1 fully saturated rings. The Morgan fingerprint density at radius 1 is 1.29 bits per heavy atom. The third-order valence-corrected chi connectivity index (χ3v) is 5.24. The summed E-state index contributed by atoms with van der Waals surface area (Å²) >= 11 is 0. The summed E-state index contributed by atoms with van der Waals surface area (Å²) in [6, 6.07) is 3.51. The minimum absolute atomic E-state index is 0.104. The van der Waals surface area contributed by atoms with Crippen molar-refractivity contribution < 1.29 is 13.6 Å². The lowest BCUT2D eigenvalue weighted by atomic mass is 9.88. The fourth-order valence-electron chi connectivity index (χ4n) is 3.92.